The topological polar surface area (TPSA) is 79.1 Å². The molecule has 0 unspecified atom stereocenters. The van der Waals surface area contributed by atoms with Crippen LogP contribution < -0.4 is 5.73 Å². The molecule has 4 rings (SSSR count). The number of para-hydroxylation sites is 1. The van der Waals surface area contributed by atoms with Gasteiger partial charge in [0.05, 0.1) is 6.61 Å². The summed E-state index contributed by atoms with van der Waals surface area (Å²) in [4.78, 5) is 17.8. The number of amides is 1. The summed E-state index contributed by atoms with van der Waals surface area (Å²) in [6.07, 6.45) is 2.71. The number of carbonyl (C=O) groups is 1. The maximum Gasteiger partial charge on any atom is 0.249 e. The van der Waals surface area contributed by atoms with Crippen LogP contribution in [0.15, 0.2) is 42.6 Å². The highest BCUT2D eigenvalue weighted by molar-refractivity contribution is 7.15. The SMILES string of the molecule is CCc1c(C(N)=O)c(C)c(C)c(-c2ccc(CO)s2)c1-c1c[nH]c2ccccc12. The number of benzene rings is 2. The molecular weight excluding hydrogens is 380 g/mol. The summed E-state index contributed by atoms with van der Waals surface area (Å²) in [6, 6.07) is 12.2. The highest BCUT2D eigenvalue weighted by Crippen LogP contribution is 2.45. The summed E-state index contributed by atoms with van der Waals surface area (Å²) in [5.41, 5.74) is 13.7. The van der Waals surface area contributed by atoms with Crippen molar-refractivity contribution in [3.63, 3.8) is 0 Å². The number of nitrogens with one attached hydrogen (secondary N) is 1. The fraction of sp³-hybridized carbons (Fsp3) is 0.208. The van der Waals surface area contributed by atoms with Crippen molar-refractivity contribution in [3.05, 3.63) is 69.7 Å². The van der Waals surface area contributed by atoms with Crippen LogP contribution in [0.4, 0.5) is 0 Å². The Labute approximate surface area is 174 Å². The summed E-state index contributed by atoms with van der Waals surface area (Å²) in [5, 5.41) is 10.7. The van der Waals surface area contributed by atoms with E-state index < -0.39 is 5.91 Å². The molecule has 0 saturated heterocycles. The van der Waals surface area contributed by atoms with Crippen molar-refractivity contribution < 1.29 is 9.90 Å². The lowest BCUT2D eigenvalue weighted by atomic mass is 9.82. The molecule has 4 N–H and O–H groups in total. The average molecular weight is 405 g/mol. The zero-order valence-electron chi connectivity index (χ0n) is 16.8. The molecule has 148 valence electrons. The van der Waals surface area contributed by atoms with E-state index >= 15 is 0 Å². The molecular formula is C24H24N2O2S. The number of primary amides is 1. The van der Waals surface area contributed by atoms with Crippen LogP contribution in [0.5, 0.6) is 0 Å². The quantitative estimate of drug-likeness (QED) is 0.420. The number of hydrogen-bond acceptors (Lipinski definition) is 3. The Morgan fingerprint density at radius 1 is 1.10 bits per heavy atom. The molecule has 0 fully saturated rings. The van der Waals surface area contributed by atoms with E-state index in [1.54, 1.807) is 11.3 Å². The lowest BCUT2D eigenvalue weighted by Gasteiger charge is -2.22. The monoisotopic (exact) mass is 404 g/mol. The molecule has 0 radical (unpaired) electrons. The van der Waals surface area contributed by atoms with E-state index in [0.29, 0.717) is 12.0 Å². The number of aliphatic hydroxyl groups is 1. The van der Waals surface area contributed by atoms with Gasteiger partial charge in [-0.25, -0.2) is 0 Å². The van der Waals surface area contributed by atoms with E-state index in [1.807, 2.05) is 38.2 Å². The van der Waals surface area contributed by atoms with Gasteiger partial charge in [-0.1, -0.05) is 25.1 Å². The number of aromatic amines is 1. The van der Waals surface area contributed by atoms with Crippen LogP contribution in [-0.4, -0.2) is 16.0 Å². The van der Waals surface area contributed by atoms with Crippen LogP contribution in [0.1, 0.15) is 38.8 Å². The zero-order valence-corrected chi connectivity index (χ0v) is 17.6. The number of rotatable bonds is 5. The number of aromatic nitrogens is 1. The number of H-pyrrole nitrogens is 1. The van der Waals surface area contributed by atoms with Crippen molar-refractivity contribution in [1.29, 1.82) is 0 Å². The number of aliphatic hydroxyl groups excluding tert-OH is 1. The smallest absolute Gasteiger partial charge is 0.249 e. The molecule has 0 aliphatic heterocycles. The van der Waals surface area contributed by atoms with Crippen LogP contribution >= 0.6 is 11.3 Å². The van der Waals surface area contributed by atoms with Gasteiger partial charge in [-0.3, -0.25) is 4.79 Å². The van der Waals surface area contributed by atoms with Gasteiger partial charge >= 0.3 is 0 Å². The van der Waals surface area contributed by atoms with Gasteiger partial charge in [0.25, 0.3) is 0 Å². The Morgan fingerprint density at radius 2 is 1.86 bits per heavy atom. The highest BCUT2D eigenvalue weighted by atomic mass is 32.1. The Kier molecular flexibility index (Phi) is 5.03. The van der Waals surface area contributed by atoms with Crippen molar-refractivity contribution in [3.8, 4) is 21.6 Å². The van der Waals surface area contributed by atoms with Gasteiger partial charge in [0.2, 0.25) is 5.91 Å². The molecule has 2 aromatic heterocycles. The average Bonchev–Trinajstić information content (AvgIpc) is 3.36. The van der Waals surface area contributed by atoms with E-state index in [0.717, 1.165) is 54.0 Å². The van der Waals surface area contributed by atoms with Crippen LogP contribution in [0.2, 0.25) is 0 Å². The van der Waals surface area contributed by atoms with E-state index in [9.17, 15) is 9.90 Å². The summed E-state index contributed by atoms with van der Waals surface area (Å²) in [6.45, 7) is 6.10. The van der Waals surface area contributed by atoms with Crippen molar-refractivity contribution in [1.82, 2.24) is 4.98 Å². The van der Waals surface area contributed by atoms with Crippen LogP contribution in [-0.2, 0) is 13.0 Å². The second-order valence-corrected chi connectivity index (χ2v) is 8.41. The molecule has 0 spiro atoms. The molecule has 2 heterocycles. The lowest BCUT2D eigenvalue weighted by molar-refractivity contribution is 0.0999. The summed E-state index contributed by atoms with van der Waals surface area (Å²) < 4.78 is 0. The van der Waals surface area contributed by atoms with Crippen molar-refractivity contribution in [2.45, 2.75) is 33.8 Å². The second kappa shape index (κ2) is 7.50. The maximum absolute atomic E-state index is 12.4. The fourth-order valence-electron chi connectivity index (χ4n) is 4.23. The predicted molar refractivity (Wildman–Crippen MR) is 120 cm³/mol. The third kappa shape index (κ3) is 3.07. The van der Waals surface area contributed by atoms with E-state index in [1.165, 1.54) is 0 Å². The molecule has 0 bridgehead atoms. The molecule has 0 aliphatic rings. The first kappa shape index (κ1) is 19.4. The zero-order chi connectivity index (χ0) is 20.7. The number of thiophene rings is 1. The van der Waals surface area contributed by atoms with Crippen molar-refractivity contribution >= 4 is 28.1 Å². The highest BCUT2D eigenvalue weighted by Gasteiger charge is 2.25. The fourth-order valence-corrected chi connectivity index (χ4v) is 5.21. The van der Waals surface area contributed by atoms with Crippen LogP contribution in [0.25, 0.3) is 32.5 Å². The number of fused-ring (bicyclic) bond motifs is 1. The van der Waals surface area contributed by atoms with Gasteiger partial charge in [0.15, 0.2) is 0 Å². The summed E-state index contributed by atoms with van der Waals surface area (Å²) in [5.74, 6) is -0.391. The van der Waals surface area contributed by atoms with Crippen molar-refractivity contribution in [2.24, 2.45) is 5.73 Å². The molecule has 29 heavy (non-hydrogen) atoms. The minimum Gasteiger partial charge on any atom is -0.391 e. The standard InChI is InChI=1S/C24H24N2O2S/c1-4-16-21(24(25)28)13(2)14(3)22(20-10-9-15(12-27)29-20)23(16)18-11-26-19-8-6-5-7-17(18)19/h5-11,26-27H,4,12H2,1-3H3,(H2,25,28). The normalized spacial score (nSPS) is 11.3. The van der Waals surface area contributed by atoms with E-state index in [4.69, 9.17) is 5.73 Å². The second-order valence-electron chi connectivity index (χ2n) is 7.24. The maximum atomic E-state index is 12.4. The van der Waals surface area contributed by atoms with Crippen LogP contribution in [0.3, 0.4) is 0 Å². The first-order valence-corrected chi connectivity index (χ1v) is 10.5. The minimum atomic E-state index is -0.391. The summed E-state index contributed by atoms with van der Waals surface area (Å²) in [7, 11) is 0. The third-order valence-corrected chi connectivity index (χ3v) is 6.78. The molecule has 0 saturated carbocycles. The van der Waals surface area contributed by atoms with Gasteiger partial charge in [-0.05, 0) is 60.7 Å². The Hall–Kier alpha value is -2.89. The third-order valence-electron chi connectivity index (χ3n) is 5.69. The minimum absolute atomic E-state index is 0.0190. The van der Waals surface area contributed by atoms with Gasteiger partial charge in [0.1, 0.15) is 0 Å². The van der Waals surface area contributed by atoms with Crippen molar-refractivity contribution in [2.75, 3.05) is 0 Å². The Morgan fingerprint density at radius 3 is 2.52 bits per heavy atom. The molecule has 1 amide bonds. The molecule has 0 aliphatic carbocycles. The molecule has 4 nitrogen and oxygen atoms in total. The Bertz CT molecular complexity index is 1230. The van der Waals surface area contributed by atoms with Gasteiger partial charge in [0, 0.05) is 43.5 Å². The van der Waals surface area contributed by atoms with E-state index in [-0.39, 0.29) is 6.61 Å². The first-order chi connectivity index (χ1) is 14.0. The van der Waals surface area contributed by atoms with Crippen LogP contribution in [0, 0.1) is 13.8 Å². The molecule has 5 heteroatoms. The molecule has 0 atom stereocenters. The first-order valence-electron chi connectivity index (χ1n) is 9.70. The number of hydrogen-bond donors (Lipinski definition) is 3. The Balaban J connectivity index is 2.18. The van der Waals surface area contributed by atoms with Gasteiger partial charge < -0.3 is 15.8 Å². The predicted octanol–water partition coefficient (Wildman–Crippen LogP) is 5.33. The summed E-state index contributed by atoms with van der Waals surface area (Å²) >= 11 is 1.58. The van der Waals surface area contributed by atoms with E-state index in [2.05, 4.69) is 30.1 Å². The van der Waals surface area contributed by atoms with Gasteiger partial charge in [-0.2, -0.15) is 0 Å². The molecule has 2 aromatic carbocycles. The lowest BCUT2D eigenvalue weighted by Crippen LogP contribution is -2.18. The van der Waals surface area contributed by atoms with Gasteiger partial charge in [-0.15, -0.1) is 11.3 Å². The number of carbonyl (C=O) groups excluding carboxylic acids is 1. The number of nitrogens with two attached hydrogens (primary N) is 1. The largest absolute Gasteiger partial charge is 0.391 e. The molecule has 4 aromatic rings.